The molecule has 2 fully saturated rings. The van der Waals surface area contributed by atoms with Gasteiger partial charge in [-0.2, -0.15) is 5.10 Å². The summed E-state index contributed by atoms with van der Waals surface area (Å²) in [6.07, 6.45) is 10.9. The minimum Gasteiger partial charge on any atom is -0.335 e. The minimum atomic E-state index is 0.141. The molecule has 0 radical (unpaired) electrons. The number of nitrogens with zero attached hydrogens (tertiary/aromatic N) is 4. The van der Waals surface area contributed by atoms with E-state index < -0.39 is 0 Å². The Morgan fingerprint density at radius 3 is 2.75 bits per heavy atom. The lowest BCUT2D eigenvalue weighted by Gasteiger charge is -2.44. The minimum absolute atomic E-state index is 0.141. The van der Waals surface area contributed by atoms with Crippen molar-refractivity contribution in [3.63, 3.8) is 0 Å². The Morgan fingerprint density at radius 2 is 1.86 bits per heavy atom. The second-order valence-corrected chi connectivity index (χ2v) is 8.18. The second kappa shape index (κ2) is 7.38. The quantitative estimate of drug-likeness (QED) is 0.688. The van der Waals surface area contributed by atoms with Crippen LogP contribution in [0, 0.1) is 5.92 Å². The van der Waals surface area contributed by atoms with E-state index in [0.29, 0.717) is 24.1 Å². The summed E-state index contributed by atoms with van der Waals surface area (Å²) < 4.78 is 1.90. The summed E-state index contributed by atoms with van der Waals surface area (Å²) in [5.74, 6) is 0.832. The summed E-state index contributed by atoms with van der Waals surface area (Å²) in [5, 5.41) is 5.43. The standard InChI is InChI=1S/C23H26N4O/c28-23(26-12-6-10-18-9-4-5-11-21(18)26)20-13-19-15-25-27(22(19)24-14-20)16-17-7-2-1-3-8-17/h1-3,7-8,13-15,18,21H,4-6,9-12,16H2/t18-,21+/m0/s1. The first kappa shape index (κ1) is 17.4. The number of benzene rings is 1. The van der Waals surface area contributed by atoms with Crippen molar-refractivity contribution >= 4 is 16.9 Å². The van der Waals surface area contributed by atoms with E-state index in [-0.39, 0.29) is 5.91 Å². The number of likely N-dealkylation sites (tertiary alicyclic amines) is 1. The van der Waals surface area contributed by atoms with Gasteiger partial charge >= 0.3 is 0 Å². The van der Waals surface area contributed by atoms with Gasteiger partial charge in [-0.3, -0.25) is 4.79 Å². The smallest absolute Gasteiger partial charge is 0.255 e. The highest BCUT2D eigenvalue weighted by atomic mass is 16.2. The molecule has 1 aromatic carbocycles. The van der Waals surface area contributed by atoms with Crippen molar-refractivity contribution in [1.82, 2.24) is 19.7 Å². The number of carbonyl (C=O) groups is 1. The number of hydrogen-bond donors (Lipinski definition) is 0. The largest absolute Gasteiger partial charge is 0.335 e. The van der Waals surface area contributed by atoms with Crippen LogP contribution in [0.15, 0.2) is 48.8 Å². The van der Waals surface area contributed by atoms with Crippen molar-refractivity contribution in [2.24, 2.45) is 5.92 Å². The van der Waals surface area contributed by atoms with Crippen LogP contribution in [0.2, 0.25) is 0 Å². The molecule has 0 unspecified atom stereocenters. The third-order valence-corrected chi connectivity index (χ3v) is 6.40. The fourth-order valence-electron chi connectivity index (χ4n) is 5.00. The van der Waals surface area contributed by atoms with Crippen molar-refractivity contribution < 1.29 is 4.79 Å². The van der Waals surface area contributed by atoms with Gasteiger partial charge in [0.2, 0.25) is 0 Å². The number of carbonyl (C=O) groups excluding carboxylic acids is 1. The van der Waals surface area contributed by atoms with Gasteiger partial charge in [-0.15, -0.1) is 0 Å². The van der Waals surface area contributed by atoms with Crippen molar-refractivity contribution in [3.8, 4) is 0 Å². The van der Waals surface area contributed by atoms with Gasteiger partial charge in [-0.25, -0.2) is 9.67 Å². The van der Waals surface area contributed by atoms with Crippen LogP contribution in [-0.4, -0.2) is 38.2 Å². The molecule has 1 aliphatic carbocycles. The summed E-state index contributed by atoms with van der Waals surface area (Å²) in [6, 6.07) is 12.6. The maximum atomic E-state index is 13.3. The highest BCUT2D eigenvalue weighted by molar-refractivity contribution is 5.97. The molecule has 5 nitrogen and oxygen atoms in total. The van der Waals surface area contributed by atoms with Crippen LogP contribution in [0.3, 0.4) is 0 Å². The van der Waals surface area contributed by atoms with E-state index in [1.165, 1.54) is 31.2 Å². The molecule has 0 spiro atoms. The molecule has 28 heavy (non-hydrogen) atoms. The first-order chi connectivity index (χ1) is 13.8. The lowest BCUT2D eigenvalue weighted by molar-refractivity contribution is 0.0390. The van der Waals surface area contributed by atoms with E-state index in [0.717, 1.165) is 30.4 Å². The second-order valence-electron chi connectivity index (χ2n) is 8.18. The van der Waals surface area contributed by atoms with E-state index in [1.807, 2.05) is 35.1 Å². The number of fused-ring (bicyclic) bond motifs is 2. The van der Waals surface area contributed by atoms with Gasteiger partial charge in [0.05, 0.1) is 18.3 Å². The molecule has 2 aliphatic rings. The molecular formula is C23H26N4O. The molecule has 3 aromatic rings. The lowest BCUT2D eigenvalue weighted by Crippen LogP contribution is -2.49. The molecule has 1 amide bonds. The summed E-state index contributed by atoms with van der Waals surface area (Å²) in [6.45, 7) is 1.56. The Hall–Kier alpha value is -2.69. The lowest BCUT2D eigenvalue weighted by atomic mass is 9.78. The predicted molar refractivity (Wildman–Crippen MR) is 109 cm³/mol. The molecule has 2 aromatic heterocycles. The average molecular weight is 374 g/mol. The van der Waals surface area contributed by atoms with Crippen LogP contribution >= 0.6 is 0 Å². The predicted octanol–water partition coefficient (Wildman–Crippen LogP) is 4.27. The molecular weight excluding hydrogens is 348 g/mol. The van der Waals surface area contributed by atoms with Crippen LogP contribution in [0.5, 0.6) is 0 Å². The van der Waals surface area contributed by atoms with Gasteiger partial charge in [0.25, 0.3) is 5.91 Å². The average Bonchev–Trinajstić information content (AvgIpc) is 3.15. The fraction of sp³-hybridized carbons (Fsp3) is 0.435. The Bertz CT molecular complexity index is 979. The molecule has 2 atom stereocenters. The highest BCUT2D eigenvalue weighted by Crippen LogP contribution is 2.36. The van der Waals surface area contributed by atoms with E-state index in [9.17, 15) is 4.79 Å². The normalized spacial score (nSPS) is 22.2. The Morgan fingerprint density at radius 1 is 1.04 bits per heavy atom. The number of hydrogen-bond acceptors (Lipinski definition) is 3. The van der Waals surface area contributed by atoms with Crippen LogP contribution < -0.4 is 0 Å². The van der Waals surface area contributed by atoms with E-state index in [1.54, 1.807) is 6.20 Å². The van der Waals surface area contributed by atoms with Gasteiger partial charge in [0.15, 0.2) is 5.65 Å². The molecule has 1 aliphatic heterocycles. The zero-order valence-corrected chi connectivity index (χ0v) is 16.1. The van der Waals surface area contributed by atoms with E-state index in [4.69, 9.17) is 0 Å². The van der Waals surface area contributed by atoms with Crippen LogP contribution in [0.25, 0.3) is 11.0 Å². The van der Waals surface area contributed by atoms with E-state index in [2.05, 4.69) is 27.1 Å². The summed E-state index contributed by atoms with van der Waals surface area (Å²) >= 11 is 0. The number of amides is 1. The molecule has 0 N–H and O–H groups in total. The number of pyridine rings is 1. The van der Waals surface area contributed by atoms with Gasteiger partial charge in [0, 0.05) is 24.2 Å². The molecule has 0 bridgehead atoms. The fourth-order valence-corrected chi connectivity index (χ4v) is 5.00. The zero-order chi connectivity index (χ0) is 18.9. The molecule has 5 heteroatoms. The van der Waals surface area contributed by atoms with Gasteiger partial charge in [-0.1, -0.05) is 43.2 Å². The first-order valence-corrected chi connectivity index (χ1v) is 10.5. The van der Waals surface area contributed by atoms with Crippen LogP contribution in [0.4, 0.5) is 0 Å². The Kier molecular flexibility index (Phi) is 4.59. The topological polar surface area (TPSA) is 51.0 Å². The maximum absolute atomic E-state index is 13.3. The summed E-state index contributed by atoms with van der Waals surface area (Å²) in [7, 11) is 0. The molecule has 3 heterocycles. The van der Waals surface area contributed by atoms with Crippen LogP contribution in [-0.2, 0) is 6.54 Å². The molecule has 5 rings (SSSR count). The van der Waals surface area contributed by atoms with Crippen molar-refractivity contribution in [3.05, 3.63) is 59.9 Å². The zero-order valence-electron chi connectivity index (χ0n) is 16.1. The molecule has 1 saturated carbocycles. The highest BCUT2D eigenvalue weighted by Gasteiger charge is 2.36. The maximum Gasteiger partial charge on any atom is 0.255 e. The van der Waals surface area contributed by atoms with Crippen molar-refractivity contribution in [1.29, 1.82) is 0 Å². The van der Waals surface area contributed by atoms with Crippen LogP contribution in [0.1, 0.15) is 54.4 Å². The first-order valence-electron chi connectivity index (χ1n) is 10.5. The third kappa shape index (κ3) is 3.19. The number of rotatable bonds is 3. The Balaban J connectivity index is 1.40. The van der Waals surface area contributed by atoms with E-state index >= 15 is 0 Å². The monoisotopic (exact) mass is 374 g/mol. The number of aromatic nitrogens is 3. The number of piperidine rings is 1. The van der Waals surface area contributed by atoms with Crippen molar-refractivity contribution in [2.45, 2.75) is 51.1 Å². The molecule has 144 valence electrons. The molecule has 1 saturated heterocycles. The summed E-state index contributed by atoms with van der Waals surface area (Å²) in [4.78, 5) is 20.0. The SMILES string of the molecule is O=C(c1cnc2c(cnn2Cc2ccccc2)c1)N1CCC[C@@H]2CCCC[C@H]21. The van der Waals surface area contributed by atoms with Gasteiger partial charge in [-0.05, 0) is 43.2 Å². The Labute approximate surface area is 165 Å². The third-order valence-electron chi connectivity index (χ3n) is 6.40. The van der Waals surface area contributed by atoms with Gasteiger partial charge < -0.3 is 4.90 Å². The van der Waals surface area contributed by atoms with Gasteiger partial charge in [0.1, 0.15) is 0 Å². The van der Waals surface area contributed by atoms with Crippen molar-refractivity contribution in [2.75, 3.05) is 6.54 Å². The summed E-state index contributed by atoms with van der Waals surface area (Å²) in [5.41, 5.74) is 2.71.